The molecular weight excluding hydrogens is 288 g/mol. The predicted molar refractivity (Wildman–Crippen MR) is 81.6 cm³/mol. The second-order valence-corrected chi connectivity index (χ2v) is 7.38. The minimum atomic E-state index is -3.55. The van der Waals surface area contributed by atoms with Crippen LogP contribution < -0.4 is 10.0 Å². The summed E-state index contributed by atoms with van der Waals surface area (Å²) in [7, 11) is -3.55. The van der Waals surface area contributed by atoms with E-state index in [1.54, 1.807) is 6.20 Å². The van der Waals surface area contributed by atoms with Gasteiger partial charge in [0.05, 0.1) is 0 Å². The van der Waals surface area contributed by atoms with E-state index in [4.69, 9.17) is 0 Å². The van der Waals surface area contributed by atoms with Gasteiger partial charge >= 0.3 is 0 Å². The molecule has 0 bridgehead atoms. The molecule has 0 amide bonds. The van der Waals surface area contributed by atoms with Crippen LogP contribution in [0.2, 0.25) is 0 Å². The van der Waals surface area contributed by atoms with Gasteiger partial charge < -0.3 is 10.3 Å². The van der Waals surface area contributed by atoms with Crippen molar-refractivity contribution < 1.29 is 8.42 Å². The number of nitrogens with zero attached hydrogens (tertiary/aromatic N) is 1. The number of fused-ring (bicyclic) bond motifs is 1. The van der Waals surface area contributed by atoms with Crippen LogP contribution in [0.4, 0.5) is 0 Å². The fourth-order valence-electron chi connectivity index (χ4n) is 2.85. The summed E-state index contributed by atoms with van der Waals surface area (Å²) in [4.78, 5) is 7.41. The number of hydrogen-bond donors (Lipinski definition) is 3. The minimum Gasteiger partial charge on any atom is -0.345 e. The third-order valence-electron chi connectivity index (χ3n) is 4.13. The van der Waals surface area contributed by atoms with E-state index in [0.29, 0.717) is 11.0 Å². The third kappa shape index (κ3) is 2.68. The van der Waals surface area contributed by atoms with Crippen LogP contribution in [0.5, 0.6) is 0 Å². The lowest BCUT2D eigenvalue weighted by Gasteiger charge is -2.29. The Hall–Kier alpha value is -1.44. The number of piperidine rings is 1. The highest BCUT2D eigenvalue weighted by Crippen LogP contribution is 2.25. The largest absolute Gasteiger partial charge is 0.345 e. The van der Waals surface area contributed by atoms with Crippen LogP contribution in [0.3, 0.4) is 0 Å². The highest BCUT2D eigenvalue weighted by molar-refractivity contribution is 7.89. The maximum Gasteiger partial charge on any atom is 0.243 e. The van der Waals surface area contributed by atoms with Gasteiger partial charge in [0.15, 0.2) is 0 Å². The zero-order valence-corrected chi connectivity index (χ0v) is 13.0. The first-order valence-electron chi connectivity index (χ1n) is 7.15. The van der Waals surface area contributed by atoms with Crippen LogP contribution in [0.25, 0.3) is 11.0 Å². The smallest absolute Gasteiger partial charge is 0.243 e. The molecule has 6 nitrogen and oxygen atoms in total. The Labute approximate surface area is 124 Å². The van der Waals surface area contributed by atoms with Crippen molar-refractivity contribution in [3.05, 3.63) is 24.0 Å². The first kappa shape index (κ1) is 14.5. The molecule has 0 saturated carbocycles. The highest BCUT2D eigenvalue weighted by Gasteiger charge is 2.28. The Morgan fingerprint density at radius 1 is 1.43 bits per heavy atom. The average molecular weight is 308 g/mol. The van der Waals surface area contributed by atoms with Crippen LogP contribution in [-0.4, -0.2) is 37.5 Å². The van der Waals surface area contributed by atoms with Gasteiger partial charge in [0.25, 0.3) is 0 Å². The second kappa shape index (κ2) is 5.40. The van der Waals surface area contributed by atoms with Gasteiger partial charge in [-0.2, -0.15) is 0 Å². The molecule has 2 aromatic heterocycles. The van der Waals surface area contributed by atoms with E-state index in [9.17, 15) is 8.42 Å². The molecule has 1 fully saturated rings. The number of rotatable bonds is 3. The molecule has 3 heterocycles. The summed E-state index contributed by atoms with van der Waals surface area (Å²) in [6.45, 7) is 5.62. The van der Waals surface area contributed by atoms with Crippen LogP contribution in [0, 0.1) is 12.8 Å². The van der Waals surface area contributed by atoms with Gasteiger partial charge in [-0.25, -0.2) is 18.1 Å². The first-order valence-corrected chi connectivity index (χ1v) is 8.63. The van der Waals surface area contributed by atoms with E-state index in [0.717, 1.165) is 25.1 Å². The Bertz CT molecular complexity index is 753. The molecule has 1 aliphatic heterocycles. The van der Waals surface area contributed by atoms with Gasteiger partial charge in [0, 0.05) is 23.8 Å². The second-order valence-electron chi connectivity index (χ2n) is 5.70. The summed E-state index contributed by atoms with van der Waals surface area (Å²) in [5, 5.41) is 3.95. The normalized spacial score (nSPS) is 23.5. The highest BCUT2D eigenvalue weighted by atomic mass is 32.2. The van der Waals surface area contributed by atoms with E-state index < -0.39 is 10.0 Å². The molecule has 114 valence electrons. The number of sulfonamides is 1. The number of aromatic amines is 1. The zero-order valence-electron chi connectivity index (χ0n) is 12.2. The molecule has 2 unspecified atom stereocenters. The Balaban J connectivity index is 1.97. The average Bonchev–Trinajstić information content (AvgIpc) is 2.87. The summed E-state index contributed by atoms with van der Waals surface area (Å²) in [5.74, 6) is 0.276. The van der Waals surface area contributed by atoms with Crippen molar-refractivity contribution in [3.63, 3.8) is 0 Å². The molecule has 0 spiro atoms. The van der Waals surface area contributed by atoms with Crippen molar-refractivity contribution in [2.45, 2.75) is 31.2 Å². The topological polar surface area (TPSA) is 86.9 Å². The Morgan fingerprint density at radius 2 is 2.24 bits per heavy atom. The van der Waals surface area contributed by atoms with Gasteiger partial charge in [0.1, 0.15) is 10.5 Å². The fourth-order valence-corrected chi connectivity index (χ4v) is 4.46. The van der Waals surface area contributed by atoms with Crippen molar-refractivity contribution in [3.8, 4) is 0 Å². The first-order chi connectivity index (χ1) is 9.99. The molecule has 7 heteroatoms. The van der Waals surface area contributed by atoms with Crippen molar-refractivity contribution in [2.75, 3.05) is 13.1 Å². The number of nitrogens with one attached hydrogen (secondary N) is 3. The van der Waals surface area contributed by atoms with E-state index in [1.807, 2.05) is 13.0 Å². The molecule has 2 aromatic rings. The Kier molecular flexibility index (Phi) is 3.73. The summed E-state index contributed by atoms with van der Waals surface area (Å²) < 4.78 is 28.2. The monoisotopic (exact) mass is 308 g/mol. The summed E-state index contributed by atoms with van der Waals surface area (Å²) >= 11 is 0. The van der Waals surface area contributed by atoms with Crippen molar-refractivity contribution >= 4 is 21.1 Å². The molecule has 3 rings (SSSR count). The molecule has 0 radical (unpaired) electrons. The van der Waals surface area contributed by atoms with Crippen LogP contribution in [-0.2, 0) is 10.0 Å². The quantitative estimate of drug-likeness (QED) is 0.794. The zero-order chi connectivity index (χ0) is 15.0. The molecule has 1 aliphatic rings. The molecule has 0 aromatic carbocycles. The molecule has 1 saturated heterocycles. The standard InChI is InChI=1S/C14H20N4O2S/c1-9-3-6-16-14-13(9)12(8-17-14)21(19,20)18-11-4-5-15-7-10(11)2/h3,6,8,10-11,15,18H,4-5,7H2,1-2H3,(H,16,17). The number of aryl methyl sites for hydroxylation is 1. The van der Waals surface area contributed by atoms with E-state index >= 15 is 0 Å². The van der Waals surface area contributed by atoms with Gasteiger partial charge in [-0.15, -0.1) is 0 Å². The molecule has 3 N–H and O–H groups in total. The molecule has 0 aliphatic carbocycles. The summed E-state index contributed by atoms with van der Waals surface area (Å²) in [6, 6.07) is 1.79. The number of hydrogen-bond acceptors (Lipinski definition) is 4. The fraction of sp³-hybridized carbons (Fsp3) is 0.500. The van der Waals surface area contributed by atoms with E-state index in [1.165, 1.54) is 6.20 Å². The lowest BCUT2D eigenvalue weighted by molar-refractivity contribution is 0.328. The van der Waals surface area contributed by atoms with Crippen LogP contribution >= 0.6 is 0 Å². The van der Waals surface area contributed by atoms with Crippen LogP contribution in [0.15, 0.2) is 23.4 Å². The van der Waals surface area contributed by atoms with Crippen molar-refractivity contribution in [1.82, 2.24) is 20.0 Å². The number of H-pyrrole nitrogens is 1. The molecule has 21 heavy (non-hydrogen) atoms. The van der Waals surface area contributed by atoms with Crippen molar-refractivity contribution in [1.29, 1.82) is 0 Å². The lowest BCUT2D eigenvalue weighted by Crippen LogP contribution is -2.48. The van der Waals surface area contributed by atoms with Gasteiger partial charge in [0.2, 0.25) is 10.0 Å². The molecular formula is C14H20N4O2S. The number of aromatic nitrogens is 2. The predicted octanol–water partition coefficient (Wildman–Crippen LogP) is 1.15. The maximum atomic E-state index is 12.7. The van der Waals surface area contributed by atoms with Gasteiger partial charge in [-0.05, 0) is 44.0 Å². The maximum absolute atomic E-state index is 12.7. The molecule has 2 atom stereocenters. The van der Waals surface area contributed by atoms with Gasteiger partial charge in [-0.3, -0.25) is 0 Å². The lowest BCUT2D eigenvalue weighted by atomic mass is 9.97. The van der Waals surface area contributed by atoms with Gasteiger partial charge in [-0.1, -0.05) is 6.92 Å². The number of pyridine rings is 1. The van der Waals surface area contributed by atoms with Crippen molar-refractivity contribution in [2.24, 2.45) is 5.92 Å². The Morgan fingerprint density at radius 3 is 3.00 bits per heavy atom. The van der Waals surface area contributed by atoms with Crippen LogP contribution in [0.1, 0.15) is 18.9 Å². The third-order valence-corrected chi connectivity index (χ3v) is 5.64. The van der Waals surface area contributed by atoms with E-state index in [2.05, 4.69) is 26.9 Å². The summed E-state index contributed by atoms with van der Waals surface area (Å²) in [5.41, 5.74) is 1.51. The summed E-state index contributed by atoms with van der Waals surface area (Å²) in [6.07, 6.45) is 4.01. The van der Waals surface area contributed by atoms with E-state index in [-0.39, 0.29) is 16.9 Å². The minimum absolute atomic E-state index is 0.0295. The SMILES string of the molecule is Cc1ccnc2[nH]cc(S(=O)(=O)NC3CCNCC3C)c12.